The first-order valence-corrected chi connectivity index (χ1v) is 11.6. The van der Waals surface area contributed by atoms with Crippen molar-refractivity contribution in [2.75, 3.05) is 23.0 Å². The number of halogens is 4. The molecular formula is C25H24F4N8O2. The second-order valence-corrected chi connectivity index (χ2v) is 9.62. The zero-order chi connectivity index (χ0) is 28.7. The maximum atomic E-state index is 14.6. The lowest BCUT2D eigenvalue weighted by atomic mass is 9.95. The summed E-state index contributed by atoms with van der Waals surface area (Å²) in [5.41, 5.74) is -2.84. The van der Waals surface area contributed by atoms with Crippen LogP contribution in [0.1, 0.15) is 32.3 Å². The molecule has 0 saturated carbocycles. The van der Waals surface area contributed by atoms with Gasteiger partial charge in [-0.25, -0.2) is 24.1 Å². The molecule has 14 heteroatoms. The van der Waals surface area contributed by atoms with E-state index >= 15 is 0 Å². The van der Waals surface area contributed by atoms with Crippen LogP contribution < -0.4 is 21.5 Å². The molecule has 0 aliphatic carbocycles. The number of fused-ring (bicyclic) bond motifs is 1. The lowest BCUT2D eigenvalue weighted by molar-refractivity contribution is -0.140. The molecule has 2 amide bonds. The molecule has 0 atom stereocenters. The van der Waals surface area contributed by atoms with E-state index in [1.54, 1.807) is 27.8 Å². The van der Waals surface area contributed by atoms with Crippen molar-refractivity contribution in [2.24, 2.45) is 7.05 Å². The van der Waals surface area contributed by atoms with E-state index in [0.717, 1.165) is 12.3 Å². The molecule has 204 valence electrons. The summed E-state index contributed by atoms with van der Waals surface area (Å²) in [6.07, 6.45) is -2.52. The van der Waals surface area contributed by atoms with Crippen LogP contribution in [0, 0.1) is 5.82 Å². The van der Waals surface area contributed by atoms with Crippen LogP contribution in [0.4, 0.5) is 39.7 Å². The predicted octanol–water partition coefficient (Wildman–Crippen LogP) is 4.93. The zero-order valence-electron chi connectivity index (χ0n) is 21.5. The Hall–Kier alpha value is -4.62. The molecule has 0 aliphatic rings. The van der Waals surface area contributed by atoms with E-state index in [4.69, 9.17) is 0 Å². The normalized spacial score (nSPS) is 11.9. The number of nitrogens with zero attached hydrogens (tertiary/aromatic N) is 5. The molecule has 10 nitrogen and oxygen atoms in total. The smallest absolute Gasteiger partial charge is 0.357 e. The lowest BCUT2D eigenvalue weighted by Gasteiger charge is -2.20. The number of aromatic nitrogens is 5. The van der Waals surface area contributed by atoms with Crippen LogP contribution in [-0.2, 0) is 18.6 Å². The largest absolute Gasteiger partial charge is 0.435 e. The number of benzene rings is 1. The van der Waals surface area contributed by atoms with Crippen molar-refractivity contribution in [3.63, 3.8) is 0 Å². The summed E-state index contributed by atoms with van der Waals surface area (Å²) in [5.74, 6) is -0.621. The van der Waals surface area contributed by atoms with Crippen molar-refractivity contribution in [2.45, 2.75) is 32.4 Å². The van der Waals surface area contributed by atoms with E-state index in [9.17, 15) is 27.2 Å². The number of hydrogen-bond acceptors (Lipinski definition) is 7. The summed E-state index contributed by atoms with van der Waals surface area (Å²) in [5, 5.41) is 7.54. The van der Waals surface area contributed by atoms with E-state index in [2.05, 4.69) is 30.6 Å². The van der Waals surface area contributed by atoms with Gasteiger partial charge in [0.15, 0.2) is 5.69 Å². The maximum absolute atomic E-state index is 14.6. The van der Waals surface area contributed by atoms with E-state index in [-0.39, 0.29) is 22.6 Å². The Labute approximate surface area is 219 Å². The van der Waals surface area contributed by atoms with Crippen molar-refractivity contribution in [3.8, 4) is 11.1 Å². The van der Waals surface area contributed by atoms with Gasteiger partial charge in [0.25, 0.3) is 5.56 Å². The first kappa shape index (κ1) is 27.4. The van der Waals surface area contributed by atoms with E-state index < -0.39 is 40.4 Å². The summed E-state index contributed by atoms with van der Waals surface area (Å²) < 4.78 is 56.9. The fraction of sp³-hybridized carbons (Fsp3) is 0.280. The van der Waals surface area contributed by atoms with Crippen LogP contribution in [-0.4, -0.2) is 37.6 Å². The van der Waals surface area contributed by atoms with Crippen LogP contribution in [0.2, 0.25) is 0 Å². The van der Waals surface area contributed by atoms with Crippen molar-refractivity contribution in [1.82, 2.24) is 24.5 Å². The Bertz CT molecular complexity index is 1640. The van der Waals surface area contributed by atoms with Crippen LogP contribution in [0.25, 0.3) is 22.2 Å². The average Bonchev–Trinajstić information content (AvgIpc) is 2.86. The third kappa shape index (κ3) is 5.63. The average molecular weight is 545 g/mol. The van der Waals surface area contributed by atoms with Gasteiger partial charge in [0.2, 0.25) is 5.95 Å². The number of pyridine rings is 1. The Morgan fingerprint density at radius 3 is 2.31 bits per heavy atom. The quantitative estimate of drug-likeness (QED) is 0.311. The van der Waals surface area contributed by atoms with Crippen LogP contribution in [0.3, 0.4) is 0 Å². The molecule has 1 aromatic carbocycles. The summed E-state index contributed by atoms with van der Waals surface area (Å²) in [6.45, 7) is 4.94. The molecule has 4 aromatic rings. The number of hydrogen-bond donors (Lipinski definition) is 3. The summed E-state index contributed by atoms with van der Waals surface area (Å²) in [7, 11) is 3.15. The second-order valence-electron chi connectivity index (χ2n) is 9.62. The molecule has 0 radical (unpaired) electrons. The maximum Gasteiger partial charge on any atom is 0.435 e. The number of amides is 2. The number of urea groups is 1. The van der Waals surface area contributed by atoms with E-state index in [0.29, 0.717) is 17.0 Å². The highest BCUT2D eigenvalue weighted by Gasteiger charge is 2.38. The number of nitrogens with one attached hydrogen (secondary N) is 3. The van der Waals surface area contributed by atoms with E-state index in [1.807, 2.05) is 5.32 Å². The van der Waals surface area contributed by atoms with Gasteiger partial charge in [0.05, 0.1) is 17.6 Å². The van der Waals surface area contributed by atoms with Crippen molar-refractivity contribution >= 4 is 34.4 Å². The molecule has 0 aliphatic heterocycles. The minimum absolute atomic E-state index is 0.0657. The number of carbonyl (C=O) groups excluding carboxylic acids is 1. The molecule has 39 heavy (non-hydrogen) atoms. The third-order valence-electron chi connectivity index (χ3n) is 5.67. The van der Waals surface area contributed by atoms with Gasteiger partial charge in [-0.1, -0.05) is 26.8 Å². The van der Waals surface area contributed by atoms with Crippen LogP contribution in [0.5, 0.6) is 0 Å². The molecule has 3 aromatic heterocycles. The second kappa shape index (κ2) is 9.93. The van der Waals surface area contributed by atoms with Gasteiger partial charge in [-0.15, -0.1) is 0 Å². The minimum atomic E-state index is -4.88. The first-order valence-electron chi connectivity index (χ1n) is 11.6. The number of anilines is 3. The fourth-order valence-corrected chi connectivity index (χ4v) is 3.69. The molecule has 0 bridgehead atoms. The highest BCUT2D eigenvalue weighted by Crippen LogP contribution is 2.34. The topological polar surface area (TPSA) is 127 Å². The molecule has 0 spiro atoms. The standard InChI is InChI=1S/C25H24F4N8O2/c1-24(2,3)21-31-11-17(18(35-21)25(27,28)29)34-23(39)33-16-9-12(6-7-15(16)26)14-8-13-10-32-22(30-4)36-19(13)37(5)20(14)38/h6-11H,1-5H3,(H,30,32,36)(H2,33,34,39). The van der Waals surface area contributed by atoms with Gasteiger partial charge < -0.3 is 16.0 Å². The van der Waals surface area contributed by atoms with Gasteiger partial charge in [-0.05, 0) is 23.8 Å². The molecule has 0 fully saturated rings. The molecule has 3 N–H and O–H groups in total. The molecule has 0 unspecified atom stereocenters. The molecule has 4 rings (SSSR count). The van der Waals surface area contributed by atoms with Crippen molar-refractivity contribution < 1.29 is 22.4 Å². The summed E-state index contributed by atoms with van der Waals surface area (Å²) in [4.78, 5) is 41.6. The van der Waals surface area contributed by atoms with Gasteiger partial charge in [-0.3, -0.25) is 9.36 Å². The SMILES string of the molecule is CNc1ncc2cc(-c3ccc(F)c(NC(=O)Nc4cnc(C(C)(C)C)nc4C(F)(F)F)c3)c(=O)n(C)c2n1. The summed E-state index contributed by atoms with van der Waals surface area (Å²) >= 11 is 0. The van der Waals surface area contributed by atoms with Gasteiger partial charge in [0.1, 0.15) is 17.3 Å². The summed E-state index contributed by atoms with van der Waals surface area (Å²) in [6, 6.07) is 3.92. The number of alkyl halides is 3. The van der Waals surface area contributed by atoms with Gasteiger partial charge in [0, 0.05) is 36.7 Å². The van der Waals surface area contributed by atoms with Gasteiger partial charge in [-0.2, -0.15) is 18.2 Å². The Kier molecular flexibility index (Phi) is 6.98. The predicted molar refractivity (Wildman–Crippen MR) is 138 cm³/mol. The minimum Gasteiger partial charge on any atom is -0.357 e. The van der Waals surface area contributed by atoms with Crippen molar-refractivity contribution in [3.05, 3.63) is 64.3 Å². The monoisotopic (exact) mass is 544 g/mol. The van der Waals surface area contributed by atoms with E-state index in [1.165, 1.54) is 36.0 Å². The number of carbonyl (C=O) groups is 1. The van der Waals surface area contributed by atoms with Crippen LogP contribution in [0.15, 0.2) is 41.5 Å². The third-order valence-corrected chi connectivity index (χ3v) is 5.67. The molecule has 0 saturated heterocycles. The molecular weight excluding hydrogens is 520 g/mol. The zero-order valence-corrected chi connectivity index (χ0v) is 21.5. The van der Waals surface area contributed by atoms with Crippen molar-refractivity contribution in [1.29, 1.82) is 0 Å². The molecule has 3 heterocycles. The number of rotatable bonds is 4. The van der Waals surface area contributed by atoms with Crippen LogP contribution >= 0.6 is 0 Å². The lowest BCUT2D eigenvalue weighted by Crippen LogP contribution is -2.25. The highest BCUT2D eigenvalue weighted by molar-refractivity contribution is 6.00. The Morgan fingerprint density at radius 2 is 1.67 bits per heavy atom. The number of aryl methyl sites for hydroxylation is 1. The van der Waals surface area contributed by atoms with Gasteiger partial charge >= 0.3 is 12.2 Å². The Balaban J connectivity index is 1.66. The highest BCUT2D eigenvalue weighted by atomic mass is 19.4. The first-order chi connectivity index (χ1) is 18.2. The fourth-order valence-electron chi connectivity index (χ4n) is 3.69. The Morgan fingerprint density at radius 1 is 0.974 bits per heavy atom.